The maximum Gasteiger partial charge on any atom is 1.00 e. The minimum atomic E-state index is -4.89. The van der Waals surface area contributed by atoms with Crippen molar-refractivity contribution in [2.45, 2.75) is 25.6 Å². The molecule has 0 saturated carbocycles. The Labute approximate surface area is 157 Å². The average Bonchev–Trinajstić information content (AvgIpc) is 2.42. The quantitative estimate of drug-likeness (QED) is 0.509. The van der Waals surface area contributed by atoms with Gasteiger partial charge in [-0.2, -0.15) is 13.2 Å². The molecule has 3 nitrogen and oxygen atoms in total. The second kappa shape index (κ2) is 7.63. The summed E-state index contributed by atoms with van der Waals surface area (Å²) in [5.74, 6) is 3.28. The molecule has 0 bridgehead atoms. The molecule has 2 rings (SSSR count). The van der Waals surface area contributed by atoms with E-state index in [0.717, 1.165) is 6.08 Å². The van der Waals surface area contributed by atoms with Gasteiger partial charge in [0.15, 0.2) is 0 Å². The summed E-state index contributed by atoms with van der Waals surface area (Å²) < 4.78 is 43.8. The number of alkyl halides is 3. The molecule has 0 saturated heterocycles. The predicted molar refractivity (Wildman–Crippen MR) is 72.1 cm³/mol. The maximum atomic E-state index is 13.0. The summed E-state index contributed by atoms with van der Waals surface area (Å²) in [6.45, 7) is 1.78. The molecule has 0 aliphatic carbocycles. The van der Waals surface area contributed by atoms with E-state index < -0.39 is 23.8 Å². The molecule has 0 radical (unpaired) electrons. The van der Waals surface area contributed by atoms with Gasteiger partial charge < -0.3 is 14.6 Å². The summed E-state index contributed by atoms with van der Waals surface area (Å²) in [4.78, 5) is 10.9. The molecule has 1 atom stereocenters. The molecule has 0 aromatic heterocycles. The number of carbonyl (C=O) groups is 1. The molecule has 1 aliphatic rings. The minimum Gasteiger partial charge on any atom is -0.545 e. The summed E-state index contributed by atoms with van der Waals surface area (Å²) >= 11 is 5.88. The van der Waals surface area contributed by atoms with Crippen LogP contribution in [0.4, 0.5) is 13.2 Å². The molecular weight excluding hydrogens is 344 g/mol. The van der Waals surface area contributed by atoms with Crippen molar-refractivity contribution >= 4 is 23.6 Å². The summed E-state index contributed by atoms with van der Waals surface area (Å²) in [6, 6.07) is 2.68. The van der Waals surface area contributed by atoms with Gasteiger partial charge >= 0.3 is 35.7 Å². The number of carboxylic acid groups (broad SMARTS) is 1. The molecule has 1 aromatic rings. The number of benzene rings is 1. The SMILES string of the molecule is CCC#Cc1cc(Cl)cc2c1O[C@H](C(F)(F)F)C(C(=O)[O-])=C2.[Na+]. The number of rotatable bonds is 1. The molecule has 1 aromatic carbocycles. The Morgan fingerprint density at radius 1 is 1.43 bits per heavy atom. The van der Waals surface area contributed by atoms with Crippen LogP contribution in [0.15, 0.2) is 17.7 Å². The van der Waals surface area contributed by atoms with Gasteiger partial charge in [-0.25, -0.2) is 0 Å². The number of halogens is 4. The minimum absolute atomic E-state index is 0. The van der Waals surface area contributed by atoms with Crippen LogP contribution in [-0.2, 0) is 4.79 Å². The number of fused-ring (bicyclic) bond motifs is 1. The molecule has 0 unspecified atom stereocenters. The predicted octanol–water partition coefficient (Wildman–Crippen LogP) is -0.438. The first-order chi connectivity index (χ1) is 10.2. The summed E-state index contributed by atoms with van der Waals surface area (Å²) in [5.41, 5.74) is -0.712. The fourth-order valence-corrected chi connectivity index (χ4v) is 2.19. The molecule has 0 spiro atoms. The van der Waals surface area contributed by atoms with Gasteiger partial charge in [0, 0.05) is 22.6 Å². The van der Waals surface area contributed by atoms with Gasteiger partial charge in [0.1, 0.15) is 5.75 Å². The second-order valence-electron chi connectivity index (χ2n) is 4.45. The van der Waals surface area contributed by atoms with Crippen LogP contribution in [-0.4, -0.2) is 18.2 Å². The first kappa shape index (κ1) is 19.9. The van der Waals surface area contributed by atoms with Crippen LogP contribution in [0.3, 0.4) is 0 Å². The number of hydrogen-bond acceptors (Lipinski definition) is 3. The van der Waals surface area contributed by atoms with Crippen LogP contribution in [0, 0.1) is 11.8 Å². The topological polar surface area (TPSA) is 49.4 Å². The van der Waals surface area contributed by atoms with Crippen molar-refractivity contribution in [2.75, 3.05) is 0 Å². The van der Waals surface area contributed by atoms with E-state index in [1.165, 1.54) is 12.1 Å². The Hall–Kier alpha value is -1.13. The van der Waals surface area contributed by atoms with Crippen LogP contribution in [0.2, 0.25) is 5.02 Å². The van der Waals surface area contributed by atoms with Crippen LogP contribution in [0.5, 0.6) is 5.75 Å². The molecular formula is C15H9ClF3NaO3. The first-order valence-corrected chi connectivity index (χ1v) is 6.60. The summed E-state index contributed by atoms with van der Waals surface area (Å²) in [5, 5.41) is 11.2. The fraction of sp³-hybridized carbons (Fsp3) is 0.267. The van der Waals surface area contributed by atoms with Crippen molar-refractivity contribution in [2.24, 2.45) is 0 Å². The molecule has 1 heterocycles. The van der Waals surface area contributed by atoms with Crippen LogP contribution in [0.25, 0.3) is 6.08 Å². The van der Waals surface area contributed by atoms with E-state index in [4.69, 9.17) is 16.3 Å². The number of carboxylic acids is 1. The molecule has 116 valence electrons. The van der Waals surface area contributed by atoms with E-state index >= 15 is 0 Å². The van der Waals surface area contributed by atoms with Gasteiger partial charge in [-0.15, -0.1) is 0 Å². The number of aliphatic carboxylic acids is 1. The third-order valence-electron chi connectivity index (χ3n) is 2.84. The summed E-state index contributed by atoms with van der Waals surface area (Å²) in [7, 11) is 0. The largest absolute Gasteiger partial charge is 1.00 e. The monoisotopic (exact) mass is 352 g/mol. The van der Waals surface area contributed by atoms with E-state index in [0.29, 0.717) is 6.42 Å². The third kappa shape index (κ3) is 4.45. The molecule has 8 heteroatoms. The van der Waals surface area contributed by atoms with Crippen molar-refractivity contribution in [1.82, 2.24) is 0 Å². The second-order valence-corrected chi connectivity index (χ2v) is 4.89. The van der Waals surface area contributed by atoms with Gasteiger partial charge in [0.25, 0.3) is 0 Å². The van der Waals surface area contributed by atoms with Crippen molar-refractivity contribution < 1.29 is 57.4 Å². The molecule has 1 aliphatic heterocycles. The zero-order chi connectivity index (χ0) is 16.5. The van der Waals surface area contributed by atoms with E-state index in [-0.39, 0.29) is 51.5 Å². The molecule has 0 fully saturated rings. The molecule has 0 N–H and O–H groups in total. The normalized spacial score (nSPS) is 16.0. The van der Waals surface area contributed by atoms with Gasteiger partial charge in [-0.05, 0) is 18.2 Å². The zero-order valence-corrected chi connectivity index (χ0v) is 15.0. The maximum absolute atomic E-state index is 13.0. The van der Waals surface area contributed by atoms with Crippen molar-refractivity contribution in [1.29, 1.82) is 0 Å². The zero-order valence-electron chi connectivity index (χ0n) is 12.3. The van der Waals surface area contributed by atoms with Gasteiger partial charge in [0.2, 0.25) is 6.10 Å². The van der Waals surface area contributed by atoms with Crippen molar-refractivity contribution in [3.63, 3.8) is 0 Å². The van der Waals surface area contributed by atoms with E-state index in [9.17, 15) is 23.1 Å². The Morgan fingerprint density at radius 3 is 2.61 bits per heavy atom. The van der Waals surface area contributed by atoms with Crippen molar-refractivity contribution in [3.05, 3.63) is 33.9 Å². The Kier molecular flexibility index (Phi) is 6.60. The standard InChI is InChI=1S/C15H10ClF3O3.Na/c1-2-3-4-8-5-10(16)6-9-7-11(14(20)21)13(15(17,18)19)22-12(8)9;/h5-7,13H,2H2,1H3,(H,20,21);/q;+1/p-1/t13-;/m0./s1. The van der Waals surface area contributed by atoms with Gasteiger partial charge in [-0.1, -0.05) is 30.4 Å². The van der Waals surface area contributed by atoms with Crippen LogP contribution in [0.1, 0.15) is 24.5 Å². The van der Waals surface area contributed by atoms with E-state index in [2.05, 4.69) is 11.8 Å². The molecule has 0 amide bonds. The number of carbonyl (C=O) groups excluding carboxylic acids is 1. The van der Waals surface area contributed by atoms with Crippen molar-refractivity contribution in [3.8, 4) is 17.6 Å². The third-order valence-corrected chi connectivity index (χ3v) is 3.06. The van der Waals surface area contributed by atoms with E-state index in [1.54, 1.807) is 6.92 Å². The molecule has 23 heavy (non-hydrogen) atoms. The van der Waals surface area contributed by atoms with E-state index in [1.807, 2.05) is 0 Å². The van der Waals surface area contributed by atoms with Gasteiger partial charge in [-0.3, -0.25) is 0 Å². The number of hydrogen-bond donors (Lipinski definition) is 0. The summed E-state index contributed by atoms with van der Waals surface area (Å²) in [6.07, 6.45) is -6.15. The number of ether oxygens (including phenoxy) is 1. The Balaban J connectivity index is 0.00000264. The fourth-order valence-electron chi connectivity index (χ4n) is 1.96. The average molecular weight is 353 g/mol. The van der Waals surface area contributed by atoms with Crippen LogP contribution < -0.4 is 39.4 Å². The smallest absolute Gasteiger partial charge is 0.545 e. The first-order valence-electron chi connectivity index (χ1n) is 6.22. The Morgan fingerprint density at radius 2 is 2.09 bits per heavy atom. The Bertz CT molecular complexity index is 717. The van der Waals surface area contributed by atoms with Crippen LogP contribution >= 0.6 is 11.6 Å². The van der Waals surface area contributed by atoms with Gasteiger partial charge in [0.05, 0.1) is 11.5 Å².